The first-order chi connectivity index (χ1) is 14.0. The minimum atomic E-state index is -0.608. The molecular formula is C23H27N3O3. The SMILES string of the molecule is COc1ccc(C2(C(=O)N[C@@H](C)c3nc4ccccc4n3C)CCOCC2)cc1. The van der Waals surface area contributed by atoms with E-state index in [-0.39, 0.29) is 11.9 Å². The maximum Gasteiger partial charge on any atom is 0.231 e. The van der Waals surface area contributed by atoms with E-state index in [0.717, 1.165) is 28.2 Å². The van der Waals surface area contributed by atoms with Gasteiger partial charge in [-0.2, -0.15) is 0 Å². The second-order valence-corrected chi connectivity index (χ2v) is 7.64. The third-order valence-corrected chi connectivity index (χ3v) is 5.98. The van der Waals surface area contributed by atoms with Crippen molar-refractivity contribution < 1.29 is 14.3 Å². The molecule has 1 N–H and O–H groups in total. The van der Waals surface area contributed by atoms with Crippen LogP contribution < -0.4 is 10.1 Å². The molecule has 6 heteroatoms. The average molecular weight is 393 g/mol. The number of hydrogen-bond acceptors (Lipinski definition) is 4. The standard InChI is InChI=1S/C23H27N3O3/c1-16(21-25-19-6-4-5-7-20(19)26(21)2)24-22(27)23(12-14-29-15-13-23)17-8-10-18(28-3)11-9-17/h4-11,16H,12-15H2,1-3H3,(H,24,27)/t16-/m0/s1. The van der Waals surface area contributed by atoms with E-state index >= 15 is 0 Å². The topological polar surface area (TPSA) is 65.4 Å². The highest BCUT2D eigenvalue weighted by Crippen LogP contribution is 2.36. The smallest absolute Gasteiger partial charge is 0.231 e. The van der Waals surface area contributed by atoms with Gasteiger partial charge in [0, 0.05) is 20.3 Å². The van der Waals surface area contributed by atoms with Crippen molar-refractivity contribution in [2.24, 2.45) is 7.05 Å². The van der Waals surface area contributed by atoms with Crippen molar-refractivity contribution in [2.45, 2.75) is 31.2 Å². The molecule has 1 amide bonds. The fourth-order valence-corrected chi connectivity index (χ4v) is 4.23. The number of aromatic nitrogens is 2. The van der Waals surface area contributed by atoms with Gasteiger partial charge in [0.05, 0.1) is 29.6 Å². The third kappa shape index (κ3) is 3.49. The predicted octanol–water partition coefficient (Wildman–Crippen LogP) is 3.51. The highest BCUT2D eigenvalue weighted by atomic mass is 16.5. The number of ether oxygens (including phenoxy) is 2. The van der Waals surface area contributed by atoms with Crippen LogP contribution in [0, 0.1) is 0 Å². The molecule has 6 nitrogen and oxygen atoms in total. The quantitative estimate of drug-likeness (QED) is 0.720. The van der Waals surface area contributed by atoms with E-state index < -0.39 is 5.41 Å². The van der Waals surface area contributed by atoms with Crippen LogP contribution in [0.25, 0.3) is 11.0 Å². The monoisotopic (exact) mass is 393 g/mol. The van der Waals surface area contributed by atoms with E-state index in [1.54, 1.807) is 7.11 Å². The summed E-state index contributed by atoms with van der Waals surface area (Å²) in [5, 5.41) is 3.23. The predicted molar refractivity (Wildman–Crippen MR) is 112 cm³/mol. The maximum absolute atomic E-state index is 13.6. The van der Waals surface area contributed by atoms with Crippen LogP contribution in [0.5, 0.6) is 5.75 Å². The summed E-state index contributed by atoms with van der Waals surface area (Å²) in [5.41, 5.74) is 2.38. The number of nitrogens with zero attached hydrogens (tertiary/aromatic N) is 2. The summed E-state index contributed by atoms with van der Waals surface area (Å²) in [6, 6.07) is 15.6. The summed E-state index contributed by atoms with van der Waals surface area (Å²) in [4.78, 5) is 18.3. The van der Waals surface area contributed by atoms with Gasteiger partial charge < -0.3 is 19.4 Å². The summed E-state index contributed by atoms with van der Waals surface area (Å²) < 4.78 is 12.9. The lowest BCUT2D eigenvalue weighted by Gasteiger charge is -2.37. The Morgan fingerprint density at radius 1 is 1.17 bits per heavy atom. The number of rotatable bonds is 5. The fourth-order valence-electron chi connectivity index (χ4n) is 4.23. The number of benzene rings is 2. The lowest BCUT2D eigenvalue weighted by atomic mass is 9.73. The van der Waals surface area contributed by atoms with E-state index in [1.165, 1.54) is 0 Å². The van der Waals surface area contributed by atoms with E-state index in [4.69, 9.17) is 14.5 Å². The Balaban J connectivity index is 1.63. The Morgan fingerprint density at radius 3 is 2.52 bits per heavy atom. The van der Waals surface area contributed by atoms with Gasteiger partial charge in [0.2, 0.25) is 5.91 Å². The first-order valence-corrected chi connectivity index (χ1v) is 10.00. The van der Waals surface area contributed by atoms with E-state index in [9.17, 15) is 4.79 Å². The molecule has 1 fully saturated rings. The fraction of sp³-hybridized carbons (Fsp3) is 0.391. The Morgan fingerprint density at radius 2 is 1.86 bits per heavy atom. The Kier molecular flexibility index (Phi) is 5.28. The molecule has 3 aromatic rings. The van der Waals surface area contributed by atoms with Gasteiger partial charge in [0.25, 0.3) is 0 Å². The molecule has 0 radical (unpaired) electrons. The molecule has 2 aromatic carbocycles. The molecule has 0 unspecified atom stereocenters. The molecule has 1 saturated heterocycles. The molecule has 1 aromatic heterocycles. The number of fused-ring (bicyclic) bond motifs is 1. The van der Waals surface area contributed by atoms with Crippen LogP contribution in [0.15, 0.2) is 48.5 Å². The van der Waals surface area contributed by atoms with Gasteiger partial charge in [-0.05, 0) is 49.6 Å². The van der Waals surface area contributed by atoms with Gasteiger partial charge in [-0.1, -0.05) is 24.3 Å². The molecule has 2 heterocycles. The van der Waals surface area contributed by atoms with Gasteiger partial charge in [-0.3, -0.25) is 4.79 Å². The van der Waals surface area contributed by atoms with Crippen LogP contribution in [0.1, 0.15) is 37.2 Å². The molecule has 29 heavy (non-hydrogen) atoms. The molecular weight excluding hydrogens is 366 g/mol. The van der Waals surface area contributed by atoms with Crippen molar-refractivity contribution in [3.63, 3.8) is 0 Å². The number of carbonyl (C=O) groups is 1. The van der Waals surface area contributed by atoms with Crippen LogP contribution in [0.3, 0.4) is 0 Å². The molecule has 0 bridgehead atoms. The van der Waals surface area contributed by atoms with Crippen molar-refractivity contribution in [2.75, 3.05) is 20.3 Å². The molecule has 1 aliphatic rings. The van der Waals surface area contributed by atoms with E-state index in [2.05, 4.69) is 5.32 Å². The summed E-state index contributed by atoms with van der Waals surface area (Å²) in [5.74, 6) is 1.64. The van der Waals surface area contributed by atoms with Crippen molar-refractivity contribution in [3.05, 3.63) is 59.9 Å². The summed E-state index contributed by atoms with van der Waals surface area (Å²) >= 11 is 0. The maximum atomic E-state index is 13.6. The van der Waals surface area contributed by atoms with Gasteiger partial charge >= 0.3 is 0 Å². The van der Waals surface area contributed by atoms with Gasteiger partial charge in [0.15, 0.2) is 0 Å². The second kappa shape index (κ2) is 7.87. The van der Waals surface area contributed by atoms with Gasteiger partial charge in [-0.25, -0.2) is 4.98 Å². The van der Waals surface area contributed by atoms with Gasteiger partial charge in [-0.15, -0.1) is 0 Å². The van der Waals surface area contributed by atoms with Crippen LogP contribution in [0.4, 0.5) is 0 Å². The van der Waals surface area contributed by atoms with Crippen molar-refractivity contribution in [1.29, 1.82) is 0 Å². The van der Waals surface area contributed by atoms with Crippen molar-refractivity contribution >= 4 is 16.9 Å². The number of carbonyl (C=O) groups excluding carboxylic acids is 1. The molecule has 0 spiro atoms. The molecule has 1 atom stereocenters. The lowest BCUT2D eigenvalue weighted by molar-refractivity contribution is -0.131. The van der Waals surface area contributed by atoms with Crippen LogP contribution in [-0.2, 0) is 22.0 Å². The highest BCUT2D eigenvalue weighted by Gasteiger charge is 2.42. The molecule has 0 saturated carbocycles. The minimum Gasteiger partial charge on any atom is -0.497 e. The number of para-hydroxylation sites is 2. The van der Waals surface area contributed by atoms with E-state index in [1.807, 2.05) is 67.1 Å². The second-order valence-electron chi connectivity index (χ2n) is 7.64. The number of aryl methyl sites for hydroxylation is 1. The van der Waals surface area contributed by atoms with Gasteiger partial charge in [0.1, 0.15) is 11.6 Å². The lowest BCUT2D eigenvalue weighted by Crippen LogP contribution is -2.48. The molecule has 152 valence electrons. The number of amides is 1. The van der Waals surface area contributed by atoms with E-state index in [0.29, 0.717) is 26.1 Å². The summed E-state index contributed by atoms with van der Waals surface area (Å²) in [7, 11) is 3.63. The van der Waals surface area contributed by atoms with Crippen molar-refractivity contribution in [3.8, 4) is 5.75 Å². The van der Waals surface area contributed by atoms with Crippen LogP contribution in [0.2, 0.25) is 0 Å². The zero-order valence-electron chi connectivity index (χ0n) is 17.1. The zero-order valence-corrected chi connectivity index (χ0v) is 17.1. The number of methoxy groups -OCH3 is 1. The summed E-state index contributed by atoms with van der Waals surface area (Å²) in [6.07, 6.45) is 1.31. The number of nitrogens with one attached hydrogen (secondary N) is 1. The summed E-state index contributed by atoms with van der Waals surface area (Å²) in [6.45, 7) is 3.13. The minimum absolute atomic E-state index is 0.0190. The number of imidazole rings is 1. The molecule has 4 rings (SSSR count). The normalized spacial score (nSPS) is 17.1. The number of hydrogen-bond donors (Lipinski definition) is 1. The highest BCUT2D eigenvalue weighted by molar-refractivity contribution is 5.89. The first kappa shape index (κ1) is 19.5. The average Bonchev–Trinajstić information content (AvgIpc) is 3.11. The Hall–Kier alpha value is -2.86. The Labute approximate surface area is 170 Å². The van der Waals surface area contributed by atoms with Crippen molar-refractivity contribution in [1.82, 2.24) is 14.9 Å². The first-order valence-electron chi connectivity index (χ1n) is 10.00. The van der Waals surface area contributed by atoms with Crippen LogP contribution in [-0.4, -0.2) is 35.8 Å². The molecule has 1 aliphatic heterocycles. The van der Waals surface area contributed by atoms with Crippen LogP contribution >= 0.6 is 0 Å². The Bertz CT molecular complexity index is 1000. The largest absolute Gasteiger partial charge is 0.497 e. The zero-order chi connectivity index (χ0) is 20.4. The third-order valence-electron chi connectivity index (χ3n) is 5.98. The molecule has 0 aliphatic carbocycles.